The van der Waals surface area contributed by atoms with E-state index in [2.05, 4.69) is 5.32 Å². The van der Waals surface area contributed by atoms with Crippen molar-refractivity contribution in [3.8, 4) is 0 Å². The Bertz CT molecular complexity index is 844. The number of amides is 2. The van der Waals surface area contributed by atoms with Gasteiger partial charge in [0.2, 0.25) is 11.8 Å². The van der Waals surface area contributed by atoms with Gasteiger partial charge in [-0.25, -0.2) is 4.39 Å². The van der Waals surface area contributed by atoms with E-state index in [4.69, 9.17) is 0 Å². The number of benzene rings is 2. The smallest absolute Gasteiger partial charge is 0.228 e. The molecule has 2 fully saturated rings. The highest BCUT2D eigenvalue weighted by atomic mass is 19.1. The third-order valence-electron chi connectivity index (χ3n) is 5.87. The quantitative estimate of drug-likeness (QED) is 0.908. The van der Waals surface area contributed by atoms with Crippen molar-refractivity contribution in [2.45, 2.75) is 37.1 Å². The van der Waals surface area contributed by atoms with Gasteiger partial charge in [-0.3, -0.25) is 9.59 Å². The summed E-state index contributed by atoms with van der Waals surface area (Å²) in [6.07, 6.45) is 2.33. The molecular weight excluding hydrogens is 343 g/mol. The van der Waals surface area contributed by atoms with E-state index in [1.807, 2.05) is 30.3 Å². The summed E-state index contributed by atoms with van der Waals surface area (Å²) in [5.41, 5.74) is 1.25. The number of hydrogen-bond acceptors (Lipinski definition) is 2. The van der Waals surface area contributed by atoms with Gasteiger partial charge in [0.15, 0.2) is 0 Å². The summed E-state index contributed by atoms with van der Waals surface area (Å²) in [4.78, 5) is 26.8. The van der Waals surface area contributed by atoms with E-state index < -0.39 is 0 Å². The molecule has 140 valence electrons. The normalized spacial score (nSPS) is 21.3. The number of halogens is 1. The number of nitrogens with zero attached hydrogens (tertiary/aromatic N) is 1. The van der Waals surface area contributed by atoms with Gasteiger partial charge in [-0.15, -0.1) is 0 Å². The van der Waals surface area contributed by atoms with Crippen LogP contribution in [-0.4, -0.2) is 35.3 Å². The highest BCUT2D eigenvalue weighted by Crippen LogP contribution is 2.39. The van der Waals surface area contributed by atoms with Crippen molar-refractivity contribution in [1.29, 1.82) is 0 Å². The molecule has 1 atom stereocenters. The number of hydrogen-bond donors (Lipinski definition) is 1. The van der Waals surface area contributed by atoms with E-state index in [0.29, 0.717) is 18.7 Å². The lowest BCUT2D eigenvalue weighted by atomic mass is 9.82. The first-order valence-corrected chi connectivity index (χ1v) is 9.44. The third-order valence-corrected chi connectivity index (χ3v) is 5.87. The maximum Gasteiger partial charge on any atom is 0.228 e. The van der Waals surface area contributed by atoms with E-state index >= 15 is 0 Å². The van der Waals surface area contributed by atoms with E-state index in [1.165, 1.54) is 6.07 Å². The molecular formula is C22H23FN2O2. The Morgan fingerprint density at radius 1 is 1.07 bits per heavy atom. The van der Waals surface area contributed by atoms with Crippen LogP contribution in [0.15, 0.2) is 54.6 Å². The van der Waals surface area contributed by atoms with Crippen molar-refractivity contribution in [2.24, 2.45) is 0 Å². The maximum absolute atomic E-state index is 13.8. The van der Waals surface area contributed by atoms with Gasteiger partial charge in [-0.2, -0.15) is 0 Å². The maximum atomic E-state index is 13.8. The Balaban J connectivity index is 1.38. The van der Waals surface area contributed by atoms with Crippen LogP contribution in [0.1, 0.15) is 36.3 Å². The molecule has 2 heterocycles. The Labute approximate surface area is 158 Å². The highest BCUT2D eigenvalue weighted by Gasteiger charge is 2.46. The number of nitrogens with one attached hydrogen (secondary N) is 1. The third kappa shape index (κ3) is 3.59. The molecule has 27 heavy (non-hydrogen) atoms. The molecule has 0 saturated carbocycles. The topological polar surface area (TPSA) is 49.4 Å². The van der Waals surface area contributed by atoms with E-state index in [-0.39, 0.29) is 35.5 Å². The summed E-state index contributed by atoms with van der Waals surface area (Å²) < 4.78 is 13.8. The van der Waals surface area contributed by atoms with Crippen molar-refractivity contribution in [2.75, 3.05) is 13.1 Å². The molecule has 2 aromatic rings. The minimum atomic E-state index is -0.340. The molecule has 0 radical (unpaired) electrons. The van der Waals surface area contributed by atoms with Crippen LogP contribution < -0.4 is 5.32 Å². The van der Waals surface area contributed by atoms with Gasteiger partial charge in [0.1, 0.15) is 5.82 Å². The first-order chi connectivity index (χ1) is 13.1. The zero-order valence-corrected chi connectivity index (χ0v) is 15.2. The van der Waals surface area contributed by atoms with Gasteiger partial charge in [0.05, 0.1) is 12.3 Å². The second kappa shape index (κ2) is 7.14. The van der Waals surface area contributed by atoms with Crippen LogP contribution in [0, 0.1) is 5.82 Å². The molecule has 0 aliphatic carbocycles. The van der Waals surface area contributed by atoms with E-state index in [1.54, 1.807) is 23.1 Å². The Morgan fingerprint density at radius 2 is 1.74 bits per heavy atom. The summed E-state index contributed by atoms with van der Waals surface area (Å²) in [6, 6.07) is 16.3. The summed E-state index contributed by atoms with van der Waals surface area (Å²) in [5, 5.41) is 3.20. The lowest BCUT2D eigenvalue weighted by molar-refractivity contribution is -0.132. The van der Waals surface area contributed by atoms with Gasteiger partial charge in [-0.1, -0.05) is 48.5 Å². The summed E-state index contributed by atoms with van der Waals surface area (Å²) in [6.45, 7) is 1.18. The number of likely N-dealkylation sites (tertiary alicyclic amines) is 1. The standard InChI is InChI=1S/C22H23FN2O2/c23-19-9-5-4-8-17(19)14-20(26)25-12-10-22(11-13-25)15-18(21(27)24-22)16-6-2-1-3-7-16/h1-9,18H,10-15H2,(H,24,27)/t18-/m1/s1. The molecule has 2 amide bonds. The van der Waals surface area contributed by atoms with Crippen molar-refractivity contribution >= 4 is 11.8 Å². The molecule has 4 rings (SSSR count). The van der Waals surface area contributed by atoms with E-state index in [9.17, 15) is 14.0 Å². The molecule has 0 aromatic heterocycles. The predicted molar refractivity (Wildman–Crippen MR) is 101 cm³/mol. The van der Waals surface area contributed by atoms with Crippen molar-refractivity contribution in [3.63, 3.8) is 0 Å². The lowest BCUT2D eigenvalue weighted by Gasteiger charge is -2.39. The first kappa shape index (κ1) is 17.7. The monoisotopic (exact) mass is 366 g/mol. The first-order valence-electron chi connectivity index (χ1n) is 9.44. The Morgan fingerprint density at radius 3 is 2.44 bits per heavy atom. The van der Waals surface area contributed by atoms with E-state index in [0.717, 1.165) is 24.8 Å². The van der Waals surface area contributed by atoms with Crippen LogP contribution in [0.2, 0.25) is 0 Å². The summed E-state index contributed by atoms with van der Waals surface area (Å²) in [5.74, 6) is -0.439. The molecule has 2 aromatic carbocycles. The Kier molecular flexibility index (Phi) is 4.68. The SMILES string of the molecule is O=C1NC2(CCN(C(=O)Cc3ccccc3F)CC2)C[C@@H]1c1ccccc1. The average molecular weight is 366 g/mol. The highest BCUT2D eigenvalue weighted by molar-refractivity contribution is 5.87. The predicted octanol–water partition coefficient (Wildman–Crippen LogP) is 3.03. The molecule has 1 spiro atoms. The summed E-state index contributed by atoms with van der Waals surface area (Å²) >= 11 is 0. The van der Waals surface area contributed by atoms with Crippen LogP contribution in [0.5, 0.6) is 0 Å². The number of rotatable bonds is 3. The lowest BCUT2D eigenvalue weighted by Crippen LogP contribution is -2.52. The van der Waals surface area contributed by atoms with Gasteiger partial charge < -0.3 is 10.2 Å². The van der Waals surface area contributed by atoms with Crippen molar-refractivity contribution in [1.82, 2.24) is 10.2 Å². The molecule has 0 unspecified atom stereocenters. The van der Waals surface area contributed by atoms with Crippen LogP contribution in [0.4, 0.5) is 4.39 Å². The fraction of sp³-hybridized carbons (Fsp3) is 0.364. The molecule has 2 aliphatic rings. The largest absolute Gasteiger partial charge is 0.350 e. The Hall–Kier alpha value is -2.69. The zero-order valence-electron chi connectivity index (χ0n) is 15.2. The van der Waals surface area contributed by atoms with Gasteiger partial charge in [0, 0.05) is 18.6 Å². The summed E-state index contributed by atoms with van der Waals surface area (Å²) in [7, 11) is 0. The van der Waals surface area contributed by atoms with Crippen molar-refractivity contribution in [3.05, 3.63) is 71.5 Å². The number of carbonyl (C=O) groups is 2. The zero-order chi connectivity index (χ0) is 18.9. The molecule has 0 bridgehead atoms. The fourth-order valence-corrected chi connectivity index (χ4v) is 4.27. The molecule has 4 nitrogen and oxygen atoms in total. The molecule has 2 aliphatic heterocycles. The van der Waals surface area contributed by atoms with Gasteiger partial charge in [-0.05, 0) is 36.5 Å². The minimum absolute atomic E-state index is 0.0566. The fourth-order valence-electron chi connectivity index (χ4n) is 4.27. The van der Waals surface area contributed by atoms with Crippen molar-refractivity contribution < 1.29 is 14.0 Å². The van der Waals surface area contributed by atoms with Gasteiger partial charge >= 0.3 is 0 Å². The van der Waals surface area contributed by atoms with Gasteiger partial charge in [0.25, 0.3) is 0 Å². The number of carbonyl (C=O) groups excluding carboxylic acids is 2. The average Bonchev–Trinajstić information content (AvgIpc) is 3.00. The van der Waals surface area contributed by atoms with Crippen LogP contribution in [-0.2, 0) is 16.0 Å². The minimum Gasteiger partial charge on any atom is -0.350 e. The molecule has 5 heteroatoms. The molecule has 2 saturated heterocycles. The molecule has 1 N–H and O–H groups in total. The van der Waals surface area contributed by atoms with Crippen LogP contribution in [0.25, 0.3) is 0 Å². The second-order valence-corrected chi connectivity index (χ2v) is 7.59. The number of piperidine rings is 1. The van der Waals surface area contributed by atoms with Crippen LogP contribution >= 0.6 is 0 Å². The second-order valence-electron chi connectivity index (χ2n) is 7.59. The van der Waals surface area contributed by atoms with Crippen LogP contribution in [0.3, 0.4) is 0 Å².